The molecule has 0 saturated carbocycles. The lowest BCUT2D eigenvalue weighted by atomic mass is 9.73. The number of aldehydes is 1. The number of benzene rings is 3. The molecule has 0 radical (unpaired) electrons. The number of aromatic hydroxyl groups is 1. The second-order valence-corrected chi connectivity index (χ2v) is 9.63. The third-order valence-electron chi connectivity index (χ3n) is 6.39. The van der Waals surface area contributed by atoms with Crippen molar-refractivity contribution in [3.05, 3.63) is 95.1 Å². The summed E-state index contributed by atoms with van der Waals surface area (Å²) >= 11 is 0. The summed E-state index contributed by atoms with van der Waals surface area (Å²) in [7, 11) is 0. The van der Waals surface area contributed by atoms with Crippen molar-refractivity contribution in [1.29, 1.82) is 0 Å². The van der Waals surface area contributed by atoms with Gasteiger partial charge in [0.15, 0.2) is 6.29 Å². The first-order valence-corrected chi connectivity index (χ1v) is 11.3. The number of rotatable bonds is 9. The lowest BCUT2D eigenvalue weighted by Gasteiger charge is -2.37. The van der Waals surface area contributed by atoms with Gasteiger partial charge in [0, 0.05) is 18.7 Å². The summed E-state index contributed by atoms with van der Waals surface area (Å²) in [6.45, 7) is 5.02. The van der Waals surface area contributed by atoms with Gasteiger partial charge >= 0.3 is 0 Å². The number of nitrogens with one attached hydrogen (secondary N) is 1. The van der Waals surface area contributed by atoms with Crippen molar-refractivity contribution in [2.75, 3.05) is 11.9 Å². The van der Waals surface area contributed by atoms with Gasteiger partial charge in [-0.25, -0.2) is 0 Å². The molecule has 0 fully saturated rings. The molecule has 5 heteroatoms. The molecule has 2 atom stereocenters. The fraction of sp³-hybridized carbons (Fsp3) is 0.321. The Balaban J connectivity index is 1.58. The number of carbonyl (C=O) groups is 1. The molecule has 0 amide bonds. The number of anilines is 1. The Morgan fingerprint density at radius 1 is 1.06 bits per heavy atom. The van der Waals surface area contributed by atoms with Crippen molar-refractivity contribution in [1.82, 2.24) is 0 Å². The van der Waals surface area contributed by atoms with E-state index in [2.05, 4.69) is 31.3 Å². The van der Waals surface area contributed by atoms with E-state index in [-0.39, 0.29) is 11.2 Å². The van der Waals surface area contributed by atoms with E-state index in [0.717, 1.165) is 34.2 Å². The van der Waals surface area contributed by atoms with Gasteiger partial charge in [-0.3, -0.25) is 0 Å². The lowest BCUT2D eigenvalue weighted by Crippen LogP contribution is -2.44. The monoisotopic (exact) mass is 445 g/mol. The van der Waals surface area contributed by atoms with Gasteiger partial charge in [-0.15, -0.1) is 0 Å². The summed E-state index contributed by atoms with van der Waals surface area (Å²) in [5, 5.41) is 25.2. The smallest absolute Gasteiger partial charge is 0.153 e. The number of phenols is 1. The average molecular weight is 446 g/mol. The van der Waals surface area contributed by atoms with Gasteiger partial charge in [0.05, 0.1) is 12.2 Å². The quantitative estimate of drug-likeness (QED) is 0.408. The predicted octanol–water partition coefficient (Wildman–Crippen LogP) is 4.92. The molecule has 2 unspecified atom stereocenters. The van der Waals surface area contributed by atoms with Gasteiger partial charge < -0.3 is 25.1 Å². The maximum absolute atomic E-state index is 11.9. The highest BCUT2D eigenvalue weighted by Crippen LogP contribution is 2.36. The van der Waals surface area contributed by atoms with Crippen LogP contribution in [0.15, 0.2) is 72.8 Å². The summed E-state index contributed by atoms with van der Waals surface area (Å²) in [5.41, 5.74) is 3.37. The molecule has 5 nitrogen and oxygen atoms in total. The van der Waals surface area contributed by atoms with Crippen LogP contribution >= 0.6 is 0 Å². The molecule has 0 aromatic heterocycles. The second-order valence-electron chi connectivity index (χ2n) is 9.63. The minimum absolute atomic E-state index is 0.184. The zero-order valence-electron chi connectivity index (χ0n) is 19.1. The highest BCUT2D eigenvalue weighted by Gasteiger charge is 2.36. The maximum Gasteiger partial charge on any atom is 0.153 e. The Kier molecular flexibility index (Phi) is 6.54. The second kappa shape index (κ2) is 9.38. The topological polar surface area (TPSA) is 78.8 Å². The van der Waals surface area contributed by atoms with Crippen molar-refractivity contribution in [2.45, 2.75) is 50.4 Å². The number of carbonyl (C=O) groups excluding carboxylic acids is 1. The molecular formula is C28H31NO4. The molecule has 1 aliphatic rings. The van der Waals surface area contributed by atoms with Crippen molar-refractivity contribution in [3.63, 3.8) is 0 Å². The average Bonchev–Trinajstić information content (AvgIpc) is 3.20. The standard InChI is InChI=1S/C28H31NO4/c1-27(2,22-8-4-3-5-9-22)18-28(32,15-20-7-6-10-24(31)13-20)19-29-23-12-11-21-17-33-26(16-30)25(21)14-23/h3-14,16,26,29,31-32H,15,17-19H2,1-2H3. The number of hydrogen-bond acceptors (Lipinski definition) is 5. The zero-order chi connectivity index (χ0) is 23.5. The van der Waals surface area contributed by atoms with Crippen LogP contribution in [0.5, 0.6) is 5.75 Å². The van der Waals surface area contributed by atoms with E-state index in [4.69, 9.17) is 4.74 Å². The Morgan fingerprint density at radius 2 is 1.85 bits per heavy atom. The molecule has 3 aromatic carbocycles. The third-order valence-corrected chi connectivity index (χ3v) is 6.39. The van der Waals surface area contributed by atoms with Gasteiger partial charge in [0.25, 0.3) is 0 Å². The van der Waals surface area contributed by atoms with E-state index in [1.807, 2.05) is 42.5 Å². The SMILES string of the molecule is CC(C)(CC(O)(CNc1ccc2c(c1)C(C=O)OC2)Cc1cccc(O)c1)c1ccccc1. The van der Waals surface area contributed by atoms with Gasteiger partial charge in [-0.1, -0.05) is 62.4 Å². The van der Waals surface area contributed by atoms with Crippen molar-refractivity contribution in [2.24, 2.45) is 0 Å². The van der Waals surface area contributed by atoms with E-state index in [0.29, 0.717) is 26.0 Å². The molecule has 33 heavy (non-hydrogen) atoms. The lowest BCUT2D eigenvalue weighted by molar-refractivity contribution is -0.117. The van der Waals surface area contributed by atoms with Gasteiger partial charge in [0.2, 0.25) is 0 Å². The minimum atomic E-state index is -1.09. The molecule has 0 spiro atoms. The van der Waals surface area contributed by atoms with Crippen LogP contribution in [0.1, 0.15) is 48.6 Å². The van der Waals surface area contributed by atoms with E-state index in [1.54, 1.807) is 18.2 Å². The van der Waals surface area contributed by atoms with Crippen LogP contribution in [0, 0.1) is 0 Å². The van der Waals surface area contributed by atoms with Crippen LogP contribution < -0.4 is 5.32 Å². The Bertz CT molecular complexity index is 1110. The fourth-order valence-electron chi connectivity index (χ4n) is 4.80. The fourth-order valence-corrected chi connectivity index (χ4v) is 4.80. The number of aliphatic hydroxyl groups is 1. The van der Waals surface area contributed by atoms with Crippen LogP contribution in [-0.2, 0) is 28.0 Å². The first-order chi connectivity index (χ1) is 15.8. The van der Waals surface area contributed by atoms with E-state index in [1.165, 1.54) is 0 Å². The molecular weight excluding hydrogens is 414 g/mol. The van der Waals surface area contributed by atoms with E-state index in [9.17, 15) is 15.0 Å². The maximum atomic E-state index is 11.9. The number of ether oxygens (including phenoxy) is 1. The molecule has 0 bridgehead atoms. The number of hydrogen-bond donors (Lipinski definition) is 3. The van der Waals surface area contributed by atoms with Crippen molar-refractivity contribution < 1.29 is 19.7 Å². The normalized spacial score (nSPS) is 17.2. The van der Waals surface area contributed by atoms with Crippen LogP contribution in [0.2, 0.25) is 0 Å². The summed E-state index contributed by atoms with van der Waals surface area (Å²) in [6.07, 6.45) is 1.17. The molecule has 3 aromatic rings. The molecule has 3 N–H and O–H groups in total. The Labute approximate surface area is 195 Å². The van der Waals surface area contributed by atoms with Gasteiger partial charge in [-0.05, 0) is 58.4 Å². The van der Waals surface area contributed by atoms with Gasteiger partial charge in [-0.2, -0.15) is 0 Å². The molecule has 0 aliphatic carbocycles. The minimum Gasteiger partial charge on any atom is -0.508 e. The Hall–Kier alpha value is -3.15. The zero-order valence-corrected chi connectivity index (χ0v) is 19.1. The largest absolute Gasteiger partial charge is 0.508 e. The van der Waals surface area contributed by atoms with E-state index < -0.39 is 11.7 Å². The third kappa shape index (κ3) is 5.44. The van der Waals surface area contributed by atoms with Crippen LogP contribution in [0.3, 0.4) is 0 Å². The summed E-state index contributed by atoms with van der Waals surface area (Å²) < 4.78 is 5.51. The van der Waals surface area contributed by atoms with Crippen LogP contribution in [-0.4, -0.2) is 28.6 Å². The molecule has 1 aliphatic heterocycles. The predicted molar refractivity (Wildman–Crippen MR) is 129 cm³/mol. The van der Waals surface area contributed by atoms with E-state index >= 15 is 0 Å². The molecule has 1 heterocycles. The highest BCUT2D eigenvalue weighted by molar-refractivity contribution is 5.65. The first kappa shape index (κ1) is 23.0. The van der Waals surface area contributed by atoms with Gasteiger partial charge in [0.1, 0.15) is 11.9 Å². The molecule has 4 rings (SSSR count). The summed E-state index contributed by atoms with van der Waals surface area (Å²) in [4.78, 5) is 11.3. The molecule has 0 saturated heterocycles. The number of phenolic OH excluding ortho intramolecular Hbond substituents is 1. The number of fused-ring (bicyclic) bond motifs is 1. The highest BCUT2D eigenvalue weighted by atomic mass is 16.5. The van der Waals surface area contributed by atoms with Crippen LogP contribution in [0.4, 0.5) is 5.69 Å². The first-order valence-electron chi connectivity index (χ1n) is 11.3. The van der Waals surface area contributed by atoms with Crippen molar-refractivity contribution >= 4 is 12.0 Å². The summed E-state index contributed by atoms with van der Waals surface area (Å²) in [5.74, 6) is 0.184. The Morgan fingerprint density at radius 3 is 2.58 bits per heavy atom. The van der Waals surface area contributed by atoms with Crippen molar-refractivity contribution in [3.8, 4) is 5.75 Å². The summed E-state index contributed by atoms with van der Waals surface area (Å²) in [6, 6.07) is 23.1. The molecule has 172 valence electrons. The van der Waals surface area contributed by atoms with Crippen LogP contribution in [0.25, 0.3) is 0 Å².